The van der Waals surface area contributed by atoms with Crippen LogP contribution < -0.4 is 10.6 Å². The molecule has 1 aliphatic heterocycles. The molecule has 0 radical (unpaired) electrons. The van der Waals surface area contributed by atoms with Gasteiger partial charge in [0.25, 0.3) is 0 Å². The van der Waals surface area contributed by atoms with E-state index in [0.29, 0.717) is 0 Å². The molecule has 19 heavy (non-hydrogen) atoms. The van der Waals surface area contributed by atoms with Crippen molar-refractivity contribution in [2.24, 2.45) is 5.73 Å². The Morgan fingerprint density at radius 3 is 2.63 bits per heavy atom. The predicted molar refractivity (Wildman–Crippen MR) is 76.2 cm³/mol. The highest BCUT2D eigenvalue weighted by Crippen LogP contribution is 2.36. The summed E-state index contributed by atoms with van der Waals surface area (Å²) >= 11 is 0. The number of anilines is 1. The van der Waals surface area contributed by atoms with Crippen LogP contribution in [0.15, 0.2) is 24.3 Å². The van der Waals surface area contributed by atoms with Crippen LogP contribution in [0.4, 0.5) is 10.5 Å². The maximum atomic E-state index is 12.4. The van der Waals surface area contributed by atoms with Gasteiger partial charge < -0.3 is 10.5 Å². The van der Waals surface area contributed by atoms with Crippen LogP contribution in [-0.4, -0.2) is 17.7 Å². The maximum absolute atomic E-state index is 12.4. The minimum atomic E-state index is -0.495. The van der Waals surface area contributed by atoms with Gasteiger partial charge in [0.2, 0.25) is 0 Å². The van der Waals surface area contributed by atoms with E-state index in [1.54, 1.807) is 4.90 Å². The predicted octanol–water partition coefficient (Wildman–Crippen LogP) is 3.22. The summed E-state index contributed by atoms with van der Waals surface area (Å²) in [5.41, 5.74) is 7.52. The van der Waals surface area contributed by atoms with Crippen LogP contribution in [-0.2, 0) is 4.74 Å². The molecule has 0 saturated carbocycles. The van der Waals surface area contributed by atoms with Crippen LogP contribution in [0.3, 0.4) is 0 Å². The first kappa shape index (κ1) is 13.9. The second kappa shape index (κ2) is 4.85. The molecule has 4 heteroatoms. The van der Waals surface area contributed by atoms with Gasteiger partial charge in [-0.15, -0.1) is 0 Å². The van der Waals surface area contributed by atoms with Crippen LogP contribution in [0.1, 0.15) is 45.7 Å². The fourth-order valence-corrected chi connectivity index (χ4v) is 2.45. The number of hydrogen-bond donors (Lipinski definition) is 1. The lowest BCUT2D eigenvalue weighted by Gasteiger charge is -2.38. The van der Waals surface area contributed by atoms with E-state index >= 15 is 0 Å². The highest BCUT2D eigenvalue weighted by Gasteiger charge is 2.34. The Bertz CT molecular complexity index is 479. The van der Waals surface area contributed by atoms with Crippen molar-refractivity contribution in [1.29, 1.82) is 0 Å². The molecule has 1 heterocycles. The molecule has 2 atom stereocenters. The molecule has 0 bridgehead atoms. The summed E-state index contributed by atoms with van der Waals surface area (Å²) in [6.45, 7) is 7.62. The van der Waals surface area contributed by atoms with Crippen LogP contribution in [0.2, 0.25) is 0 Å². The van der Waals surface area contributed by atoms with E-state index in [1.807, 2.05) is 52.0 Å². The van der Waals surface area contributed by atoms with Crippen LogP contribution in [0, 0.1) is 0 Å². The standard InChI is InChI=1S/C15H22N2O2/c1-10-9-12(16)11-7-5-6-8-13(11)17(10)14(18)19-15(2,3)4/h5-8,10,12H,9,16H2,1-4H3. The molecule has 1 aromatic rings. The van der Waals surface area contributed by atoms with E-state index < -0.39 is 5.60 Å². The summed E-state index contributed by atoms with van der Waals surface area (Å²) in [6.07, 6.45) is 0.440. The number of amides is 1. The summed E-state index contributed by atoms with van der Waals surface area (Å²) in [5, 5.41) is 0. The lowest BCUT2D eigenvalue weighted by atomic mass is 9.93. The maximum Gasteiger partial charge on any atom is 0.415 e. The summed E-state index contributed by atoms with van der Waals surface area (Å²) < 4.78 is 5.49. The molecule has 1 amide bonds. The molecule has 4 nitrogen and oxygen atoms in total. The van der Waals surface area contributed by atoms with Crippen molar-refractivity contribution in [1.82, 2.24) is 0 Å². The van der Waals surface area contributed by atoms with Gasteiger partial charge in [-0.05, 0) is 45.7 Å². The van der Waals surface area contributed by atoms with Crippen molar-refractivity contribution in [3.05, 3.63) is 29.8 Å². The monoisotopic (exact) mass is 262 g/mol. The van der Waals surface area contributed by atoms with E-state index in [0.717, 1.165) is 17.7 Å². The molecule has 2 unspecified atom stereocenters. The molecule has 2 rings (SSSR count). The van der Waals surface area contributed by atoms with Gasteiger partial charge in [0.15, 0.2) is 0 Å². The number of rotatable bonds is 0. The highest BCUT2D eigenvalue weighted by atomic mass is 16.6. The number of nitrogens with zero attached hydrogens (tertiary/aromatic N) is 1. The van der Waals surface area contributed by atoms with E-state index in [1.165, 1.54) is 0 Å². The summed E-state index contributed by atoms with van der Waals surface area (Å²) in [6, 6.07) is 7.78. The number of ether oxygens (including phenoxy) is 1. The van der Waals surface area contributed by atoms with Gasteiger partial charge in [-0.3, -0.25) is 4.90 Å². The molecular weight excluding hydrogens is 240 g/mol. The zero-order valence-electron chi connectivity index (χ0n) is 12.0. The van der Waals surface area contributed by atoms with Gasteiger partial charge >= 0.3 is 6.09 Å². The molecule has 0 aliphatic carbocycles. The Morgan fingerprint density at radius 2 is 2.00 bits per heavy atom. The molecule has 0 spiro atoms. The Kier molecular flexibility index (Phi) is 3.54. The molecule has 1 aromatic carbocycles. The smallest absolute Gasteiger partial charge is 0.415 e. The van der Waals surface area contributed by atoms with Crippen molar-refractivity contribution in [3.63, 3.8) is 0 Å². The number of para-hydroxylation sites is 1. The number of fused-ring (bicyclic) bond motifs is 1. The van der Waals surface area contributed by atoms with Crippen LogP contribution >= 0.6 is 0 Å². The summed E-state index contributed by atoms with van der Waals surface area (Å²) in [5.74, 6) is 0. The zero-order chi connectivity index (χ0) is 14.2. The second-order valence-corrected chi connectivity index (χ2v) is 6.10. The van der Waals surface area contributed by atoms with Crippen molar-refractivity contribution in [2.75, 3.05) is 4.90 Å². The average Bonchev–Trinajstić information content (AvgIpc) is 2.26. The summed E-state index contributed by atoms with van der Waals surface area (Å²) in [7, 11) is 0. The third-order valence-electron chi connectivity index (χ3n) is 3.22. The normalized spacial score (nSPS) is 22.9. The van der Waals surface area contributed by atoms with Gasteiger partial charge in [-0.2, -0.15) is 0 Å². The lowest BCUT2D eigenvalue weighted by molar-refractivity contribution is 0.0562. The zero-order valence-corrected chi connectivity index (χ0v) is 12.0. The third-order valence-corrected chi connectivity index (χ3v) is 3.22. The molecule has 2 N–H and O–H groups in total. The van der Waals surface area contributed by atoms with Crippen molar-refractivity contribution < 1.29 is 9.53 Å². The van der Waals surface area contributed by atoms with Gasteiger partial charge in [-0.1, -0.05) is 18.2 Å². The van der Waals surface area contributed by atoms with Crippen molar-refractivity contribution in [2.45, 2.75) is 51.8 Å². The van der Waals surface area contributed by atoms with Crippen LogP contribution in [0.5, 0.6) is 0 Å². The number of benzene rings is 1. The van der Waals surface area contributed by atoms with Gasteiger partial charge in [0.05, 0.1) is 5.69 Å². The molecule has 0 aromatic heterocycles. The van der Waals surface area contributed by atoms with Gasteiger partial charge in [0, 0.05) is 12.1 Å². The molecule has 0 fully saturated rings. The molecular formula is C15H22N2O2. The van der Waals surface area contributed by atoms with E-state index in [9.17, 15) is 4.79 Å². The first-order chi connectivity index (χ1) is 8.79. The minimum absolute atomic E-state index is 0.0233. The van der Waals surface area contributed by atoms with Gasteiger partial charge in [-0.25, -0.2) is 4.79 Å². The van der Waals surface area contributed by atoms with Crippen LogP contribution in [0.25, 0.3) is 0 Å². The first-order valence-corrected chi connectivity index (χ1v) is 6.66. The van der Waals surface area contributed by atoms with E-state index in [2.05, 4.69) is 0 Å². The second-order valence-electron chi connectivity index (χ2n) is 6.10. The Balaban J connectivity index is 2.35. The number of carbonyl (C=O) groups is 1. The van der Waals surface area contributed by atoms with Crippen molar-refractivity contribution >= 4 is 11.8 Å². The third kappa shape index (κ3) is 2.89. The SMILES string of the molecule is CC1CC(N)c2ccccc2N1C(=O)OC(C)(C)C. The molecule has 0 saturated heterocycles. The van der Waals surface area contributed by atoms with Crippen molar-refractivity contribution in [3.8, 4) is 0 Å². The number of nitrogens with two attached hydrogens (primary N) is 1. The highest BCUT2D eigenvalue weighted by molar-refractivity contribution is 5.90. The summed E-state index contributed by atoms with van der Waals surface area (Å²) in [4.78, 5) is 14.1. The Labute approximate surface area is 114 Å². The van der Waals surface area contributed by atoms with E-state index in [-0.39, 0.29) is 18.2 Å². The fourth-order valence-electron chi connectivity index (χ4n) is 2.45. The lowest BCUT2D eigenvalue weighted by Crippen LogP contribution is -2.46. The Hall–Kier alpha value is -1.55. The fraction of sp³-hybridized carbons (Fsp3) is 0.533. The number of carbonyl (C=O) groups excluding carboxylic acids is 1. The first-order valence-electron chi connectivity index (χ1n) is 6.66. The molecule has 104 valence electrons. The molecule has 1 aliphatic rings. The topological polar surface area (TPSA) is 55.6 Å². The largest absolute Gasteiger partial charge is 0.443 e. The quantitative estimate of drug-likeness (QED) is 0.781. The van der Waals surface area contributed by atoms with Gasteiger partial charge in [0.1, 0.15) is 5.60 Å². The Morgan fingerprint density at radius 1 is 1.37 bits per heavy atom. The van der Waals surface area contributed by atoms with E-state index in [4.69, 9.17) is 10.5 Å². The average molecular weight is 262 g/mol. The minimum Gasteiger partial charge on any atom is -0.443 e. The number of hydrogen-bond acceptors (Lipinski definition) is 3.